The maximum atomic E-state index is 13.3. The number of rotatable bonds is 14. The van der Waals surface area contributed by atoms with Crippen LogP contribution in [0, 0.1) is 22.7 Å². The van der Waals surface area contributed by atoms with Gasteiger partial charge in [-0.05, 0) is 49.7 Å². The maximum Gasteiger partial charge on any atom is 0.423 e. The molecule has 0 saturated heterocycles. The van der Waals surface area contributed by atoms with E-state index in [1.165, 1.54) is 0 Å². The average Bonchev–Trinajstić information content (AvgIpc) is 3.90. The fourth-order valence-corrected chi connectivity index (χ4v) is 7.39. The molecule has 8 nitrogen and oxygen atoms in total. The molecular weight excluding hydrogens is 749 g/mol. The predicted octanol–water partition coefficient (Wildman–Crippen LogP) is 10.9. The summed E-state index contributed by atoms with van der Waals surface area (Å²) in [5.41, 5.74) is -1.21. The Hall–Kier alpha value is -1.94. The summed E-state index contributed by atoms with van der Waals surface area (Å²) in [6.07, 6.45) is 7.46. The Bertz CT molecular complexity index is 1500. The molecule has 48 heavy (non-hydrogen) atoms. The van der Waals surface area contributed by atoms with E-state index in [2.05, 4.69) is 27.7 Å². The molecule has 4 unspecified atom stereocenters. The molecule has 2 fully saturated rings. The molecule has 2 saturated carbocycles. The minimum Gasteiger partial charge on any atom is -0.461 e. The molecule has 0 bridgehead atoms. The number of unbranched alkanes of at least 4 members (excludes halogenated alkanes) is 2. The van der Waals surface area contributed by atoms with Gasteiger partial charge in [-0.2, -0.15) is 0 Å². The second-order valence-corrected chi connectivity index (χ2v) is 15.2. The average molecular weight is 785 g/mol. The molecular formula is C34H36Cl6O8. The van der Waals surface area contributed by atoms with Crippen molar-refractivity contribution in [2.75, 3.05) is 13.2 Å². The van der Waals surface area contributed by atoms with Gasteiger partial charge in [-0.3, -0.25) is 0 Å². The van der Waals surface area contributed by atoms with Crippen molar-refractivity contribution in [3.8, 4) is 11.5 Å². The fraction of sp³-hybridized carbons (Fsp3) is 0.529. The van der Waals surface area contributed by atoms with Gasteiger partial charge < -0.3 is 18.9 Å². The van der Waals surface area contributed by atoms with E-state index in [1.807, 2.05) is 0 Å². The van der Waals surface area contributed by atoms with Crippen LogP contribution in [-0.2, 0) is 19.1 Å². The largest absolute Gasteiger partial charge is 0.461 e. The molecule has 14 heteroatoms. The first-order valence-corrected chi connectivity index (χ1v) is 18.0. The highest BCUT2D eigenvalue weighted by atomic mass is 35.5. The second kappa shape index (κ2) is 15.9. The highest BCUT2D eigenvalue weighted by Gasteiger charge is 2.52. The number of carbonyl (C=O) groups excluding carboxylic acids is 4. The minimum atomic E-state index is -1.63. The van der Waals surface area contributed by atoms with Crippen LogP contribution in [0.3, 0.4) is 0 Å². The van der Waals surface area contributed by atoms with Gasteiger partial charge in [-0.15, -0.1) is 0 Å². The summed E-state index contributed by atoms with van der Waals surface area (Å²) in [7, 11) is 0. The van der Waals surface area contributed by atoms with Gasteiger partial charge in [-0.25, -0.2) is 19.2 Å². The zero-order valence-electron chi connectivity index (χ0n) is 26.9. The van der Waals surface area contributed by atoms with Crippen molar-refractivity contribution in [1.82, 2.24) is 0 Å². The van der Waals surface area contributed by atoms with Gasteiger partial charge >= 0.3 is 23.9 Å². The first kappa shape index (κ1) is 38.9. The number of esters is 4. The fourth-order valence-electron chi connectivity index (χ4n) is 5.96. The van der Waals surface area contributed by atoms with Crippen LogP contribution in [0.15, 0.2) is 12.1 Å². The molecule has 2 aliphatic rings. The third-order valence-corrected chi connectivity index (χ3v) is 11.6. The Morgan fingerprint density at radius 2 is 0.979 bits per heavy atom. The Morgan fingerprint density at radius 1 is 0.646 bits per heavy atom. The standard InChI is InChI=1S/C34H36Cl6O8/c1-5-7-9-33(13-17(33)3)15-45-29(41)23-25(39)19(35)11-21(37)27(23)47-31(43)32(44)48-28-22(38)12-20(36)26(40)24(28)30(42)46-16-34(10-8-6-2)14-18(34)4/h11-12,17-18H,5-10,13-16H2,1-4H3. The SMILES string of the molecule is CCCCC1(COC(=O)c2c(Cl)c(Cl)cc(Cl)c2OC(=O)C(=O)Oc2c(Cl)cc(Cl)c(Cl)c2C(=O)OCC2(CCCC)CC2C)CC1C. The number of carbonyl (C=O) groups is 4. The van der Waals surface area contributed by atoms with E-state index in [4.69, 9.17) is 88.6 Å². The zero-order chi connectivity index (χ0) is 35.6. The molecule has 0 heterocycles. The molecule has 2 aromatic rings. The third-order valence-electron chi connectivity index (χ3n) is 9.45. The Kier molecular flexibility index (Phi) is 12.9. The van der Waals surface area contributed by atoms with E-state index in [-0.39, 0.29) is 54.2 Å². The summed E-state index contributed by atoms with van der Waals surface area (Å²) in [4.78, 5) is 52.8. The lowest BCUT2D eigenvalue weighted by Gasteiger charge is -2.19. The molecule has 0 aliphatic heterocycles. The second-order valence-electron chi connectivity index (χ2n) is 12.8. The molecule has 4 rings (SSSR count). The molecule has 2 aromatic carbocycles. The van der Waals surface area contributed by atoms with E-state index in [0.717, 1.165) is 63.5 Å². The van der Waals surface area contributed by atoms with E-state index < -0.39 is 46.5 Å². The normalized spacial score (nSPS) is 22.5. The van der Waals surface area contributed by atoms with Crippen LogP contribution < -0.4 is 9.47 Å². The van der Waals surface area contributed by atoms with Crippen LogP contribution in [0.4, 0.5) is 0 Å². The van der Waals surface area contributed by atoms with Crippen molar-refractivity contribution < 1.29 is 38.1 Å². The van der Waals surface area contributed by atoms with Crippen LogP contribution in [0.2, 0.25) is 30.1 Å². The van der Waals surface area contributed by atoms with E-state index >= 15 is 0 Å². The lowest BCUT2D eigenvalue weighted by atomic mass is 9.97. The monoisotopic (exact) mass is 782 g/mol. The van der Waals surface area contributed by atoms with Crippen molar-refractivity contribution >= 4 is 93.5 Å². The molecule has 0 amide bonds. The van der Waals surface area contributed by atoms with Crippen molar-refractivity contribution in [2.45, 2.75) is 79.1 Å². The molecule has 2 aliphatic carbocycles. The summed E-state index contributed by atoms with van der Waals surface area (Å²) in [6, 6.07) is 2.28. The Balaban J connectivity index is 1.54. The van der Waals surface area contributed by atoms with Crippen LogP contribution in [0.25, 0.3) is 0 Å². The summed E-state index contributed by atoms with van der Waals surface area (Å²) >= 11 is 37.7. The molecule has 0 radical (unpaired) electrons. The minimum absolute atomic E-state index is 0.107. The van der Waals surface area contributed by atoms with Gasteiger partial charge in [0.25, 0.3) is 0 Å². The van der Waals surface area contributed by atoms with Gasteiger partial charge in [0.05, 0.1) is 43.3 Å². The Labute approximate surface area is 309 Å². The van der Waals surface area contributed by atoms with Crippen molar-refractivity contribution in [2.24, 2.45) is 22.7 Å². The van der Waals surface area contributed by atoms with Crippen molar-refractivity contribution in [3.63, 3.8) is 0 Å². The first-order valence-electron chi connectivity index (χ1n) is 15.7. The number of hydrogen-bond acceptors (Lipinski definition) is 8. The third kappa shape index (κ3) is 8.50. The molecule has 0 aromatic heterocycles. The lowest BCUT2D eigenvalue weighted by Crippen LogP contribution is -2.28. The van der Waals surface area contributed by atoms with Crippen LogP contribution in [0.5, 0.6) is 11.5 Å². The van der Waals surface area contributed by atoms with Crippen LogP contribution >= 0.6 is 69.6 Å². The molecule has 4 atom stereocenters. The van der Waals surface area contributed by atoms with Crippen LogP contribution in [-0.4, -0.2) is 37.1 Å². The summed E-state index contributed by atoms with van der Waals surface area (Å²) < 4.78 is 21.7. The molecule has 0 spiro atoms. The predicted molar refractivity (Wildman–Crippen MR) is 186 cm³/mol. The summed E-state index contributed by atoms with van der Waals surface area (Å²) in [5, 5.41) is -1.43. The van der Waals surface area contributed by atoms with Gasteiger partial charge in [0.1, 0.15) is 11.1 Å². The zero-order valence-corrected chi connectivity index (χ0v) is 31.4. The van der Waals surface area contributed by atoms with Gasteiger partial charge in [0, 0.05) is 10.8 Å². The van der Waals surface area contributed by atoms with Crippen molar-refractivity contribution in [1.29, 1.82) is 0 Å². The quantitative estimate of drug-likeness (QED) is 0.0807. The van der Waals surface area contributed by atoms with Crippen molar-refractivity contribution in [3.05, 3.63) is 53.4 Å². The smallest absolute Gasteiger partial charge is 0.423 e. The lowest BCUT2D eigenvalue weighted by molar-refractivity contribution is -0.156. The van der Waals surface area contributed by atoms with E-state index in [0.29, 0.717) is 11.8 Å². The van der Waals surface area contributed by atoms with Gasteiger partial charge in [-0.1, -0.05) is 123 Å². The first-order chi connectivity index (χ1) is 22.6. The van der Waals surface area contributed by atoms with Gasteiger partial charge in [0.2, 0.25) is 0 Å². The summed E-state index contributed by atoms with van der Waals surface area (Å²) in [5.74, 6) is -5.59. The molecule has 0 N–H and O–H groups in total. The number of ether oxygens (including phenoxy) is 4. The number of halogens is 6. The topological polar surface area (TPSA) is 105 Å². The van der Waals surface area contributed by atoms with E-state index in [9.17, 15) is 19.2 Å². The van der Waals surface area contributed by atoms with Crippen LogP contribution in [0.1, 0.15) is 99.8 Å². The Morgan fingerprint density at radius 3 is 1.27 bits per heavy atom. The highest BCUT2D eigenvalue weighted by Crippen LogP contribution is 2.57. The highest BCUT2D eigenvalue weighted by molar-refractivity contribution is 6.47. The maximum absolute atomic E-state index is 13.3. The number of hydrogen-bond donors (Lipinski definition) is 0. The molecule has 262 valence electrons. The number of benzene rings is 2. The van der Waals surface area contributed by atoms with Gasteiger partial charge in [0.15, 0.2) is 11.5 Å². The summed E-state index contributed by atoms with van der Waals surface area (Å²) in [6.45, 7) is 8.52. The van der Waals surface area contributed by atoms with E-state index in [1.54, 1.807) is 0 Å².